The zero-order valence-corrected chi connectivity index (χ0v) is 9.52. The molecule has 1 amide bonds. The molecular formula is C10H19NO4. The van der Waals surface area contributed by atoms with Gasteiger partial charge in [0.1, 0.15) is 12.6 Å². The number of hydrogen-bond acceptors (Lipinski definition) is 3. The Kier molecular flexibility index (Phi) is 6.70. The third-order valence-electron chi connectivity index (χ3n) is 2.11. The first-order valence-electron chi connectivity index (χ1n) is 5.10. The number of nitrogens with zero attached hydrogens (tertiary/aromatic N) is 1. The first-order valence-corrected chi connectivity index (χ1v) is 5.10. The third kappa shape index (κ3) is 4.78. The standard InChI is InChI=1S/C10H19NO4/c1-4-6-15-7-9(12)11(3)8(5-2)10(13)14/h8H,4-7H2,1-3H3,(H,13,14). The maximum absolute atomic E-state index is 11.5. The second-order valence-corrected chi connectivity index (χ2v) is 3.32. The molecule has 0 saturated carbocycles. The first-order chi connectivity index (χ1) is 7.04. The summed E-state index contributed by atoms with van der Waals surface area (Å²) < 4.78 is 5.06. The molecule has 0 radical (unpaired) electrons. The molecule has 0 aromatic rings. The van der Waals surface area contributed by atoms with Crippen molar-refractivity contribution in [3.8, 4) is 0 Å². The largest absolute Gasteiger partial charge is 0.480 e. The van der Waals surface area contributed by atoms with E-state index in [0.717, 1.165) is 6.42 Å². The van der Waals surface area contributed by atoms with Crippen molar-refractivity contribution < 1.29 is 19.4 Å². The minimum absolute atomic E-state index is 0.0475. The lowest BCUT2D eigenvalue weighted by Crippen LogP contribution is -2.43. The van der Waals surface area contributed by atoms with E-state index in [1.54, 1.807) is 6.92 Å². The highest BCUT2D eigenvalue weighted by atomic mass is 16.5. The Morgan fingerprint density at radius 2 is 2.00 bits per heavy atom. The highest BCUT2D eigenvalue weighted by Crippen LogP contribution is 2.02. The molecular weight excluding hydrogens is 198 g/mol. The summed E-state index contributed by atoms with van der Waals surface area (Å²) in [7, 11) is 1.49. The van der Waals surface area contributed by atoms with Gasteiger partial charge in [0.15, 0.2) is 0 Å². The molecule has 1 N–H and O–H groups in total. The molecule has 0 aromatic heterocycles. The molecule has 0 bridgehead atoms. The van der Waals surface area contributed by atoms with E-state index in [1.165, 1.54) is 11.9 Å². The maximum Gasteiger partial charge on any atom is 0.326 e. The molecule has 0 heterocycles. The van der Waals surface area contributed by atoms with Crippen LogP contribution in [0.4, 0.5) is 0 Å². The van der Waals surface area contributed by atoms with Crippen LogP contribution in [-0.4, -0.2) is 48.2 Å². The second-order valence-electron chi connectivity index (χ2n) is 3.32. The minimum Gasteiger partial charge on any atom is -0.480 e. The Hall–Kier alpha value is -1.10. The topological polar surface area (TPSA) is 66.8 Å². The van der Waals surface area contributed by atoms with Gasteiger partial charge in [-0.1, -0.05) is 13.8 Å². The van der Waals surface area contributed by atoms with E-state index in [1.807, 2.05) is 6.92 Å². The van der Waals surface area contributed by atoms with Crippen LogP contribution in [0.1, 0.15) is 26.7 Å². The lowest BCUT2D eigenvalue weighted by Gasteiger charge is -2.23. The van der Waals surface area contributed by atoms with Crippen molar-refractivity contribution in [3.63, 3.8) is 0 Å². The van der Waals surface area contributed by atoms with E-state index in [9.17, 15) is 9.59 Å². The number of amides is 1. The Balaban J connectivity index is 4.10. The van der Waals surface area contributed by atoms with Crippen LogP contribution in [0.25, 0.3) is 0 Å². The van der Waals surface area contributed by atoms with Crippen LogP contribution in [-0.2, 0) is 14.3 Å². The summed E-state index contributed by atoms with van der Waals surface area (Å²) in [4.78, 5) is 23.5. The number of hydrogen-bond donors (Lipinski definition) is 1. The fourth-order valence-corrected chi connectivity index (χ4v) is 1.19. The zero-order chi connectivity index (χ0) is 11.8. The third-order valence-corrected chi connectivity index (χ3v) is 2.11. The fourth-order valence-electron chi connectivity index (χ4n) is 1.19. The molecule has 0 aliphatic heterocycles. The van der Waals surface area contributed by atoms with Gasteiger partial charge in [-0.05, 0) is 12.8 Å². The van der Waals surface area contributed by atoms with Crippen LogP contribution in [0.15, 0.2) is 0 Å². The predicted octanol–water partition coefficient (Wildman–Crippen LogP) is 0.735. The molecule has 5 nitrogen and oxygen atoms in total. The lowest BCUT2D eigenvalue weighted by molar-refractivity contribution is -0.151. The normalized spacial score (nSPS) is 12.2. The maximum atomic E-state index is 11.5. The molecule has 0 saturated heterocycles. The molecule has 1 unspecified atom stereocenters. The van der Waals surface area contributed by atoms with Crippen LogP contribution in [0, 0.1) is 0 Å². The van der Waals surface area contributed by atoms with Gasteiger partial charge in [-0.3, -0.25) is 4.79 Å². The van der Waals surface area contributed by atoms with Crippen molar-refractivity contribution in [1.29, 1.82) is 0 Å². The smallest absolute Gasteiger partial charge is 0.326 e. The summed E-state index contributed by atoms with van der Waals surface area (Å²) in [5.74, 6) is -1.28. The van der Waals surface area contributed by atoms with Crippen molar-refractivity contribution in [1.82, 2.24) is 4.90 Å². The summed E-state index contributed by atoms with van der Waals surface area (Å²) in [6.07, 6.45) is 1.23. The van der Waals surface area contributed by atoms with Gasteiger partial charge in [0.05, 0.1) is 0 Å². The Morgan fingerprint density at radius 3 is 2.40 bits per heavy atom. The van der Waals surface area contributed by atoms with Crippen molar-refractivity contribution in [3.05, 3.63) is 0 Å². The minimum atomic E-state index is -0.983. The SMILES string of the molecule is CCCOCC(=O)N(C)C(CC)C(=O)O. The lowest BCUT2D eigenvalue weighted by atomic mass is 10.2. The molecule has 88 valence electrons. The summed E-state index contributed by atoms with van der Waals surface area (Å²) in [6, 6.07) is -0.761. The number of carboxylic acid groups (broad SMARTS) is 1. The van der Waals surface area contributed by atoms with Gasteiger partial charge in [0, 0.05) is 13.7 Å². The van der Waals surface area contributed by atoms with Crippen molar-refractivity contribution in [2.45, 2.75) is 32.7 Å². The molecule has 0 fully saturated rings. The van der Waals surface area contributed by atoms with Gasteiger partial charge in [0.2, 0.25) is 5.91 Å². The number of aliphatic carboxylic acids is 1. The second kappa shape index (κ2) is 7.23. The molecule has 15 heavy (non-hydrogen) atoms. The van der Waals surface area contributed by atoms with E-state index < -0.39 is 12.0 Å². The monoisotopic (exact) mass is 217 g/mol. The number of likely N-dealkylation sites (N-methyl/N-ethyl adjacent to an activating group) is 1. The summed E-state index contributed by atoms with van der Waals surface area (Å²) >= 11 is 0. The zero-order valence-electron chi connectivity index (χ0n) is 9.52. The van der Waals surface area contributed by atoms with Crippen LogP contribution < -0.4 is 0 Å². The van der Waals surface area contributed by atoms with Gasteiger partial charge < -0.3 is 14.7 Å². The Bertz CT molecular complexity index is 217. The van der Waals surface area contributed by atoms with Crippen LogP contribution in [0.2, 0.25) is 0 Å². The molecule has 0 spiro atoms. The molecule has 1 atom stereocenters. The van der Waals surface area contributed by atoms with E-state index >= 15 is 0 Å². The van der Waals surface area contributed by atoms with E-state index in [2.05, 4.69) is 0 Å². The average Bonchev–Trinajstić information content (AvgIpc) is 2.18. The number of carbonyl (C=O) groups excluding carboxylic acids is 1. The molecule has 0 aliphatic rings. The molecule has 0 aliphatic carbocycles. The summed E-state index contributed by atoms with van der Waals surface area (Å²) in [5.41, 5.74) is 0. The fraction of sp³-hybridized carbons (Fsp3) is 0.800. The molecule has 0 aromatic carbocycles. The summed E-state index contributed by atoms with van der Waals surface area (Å²) in [6.45, 7) is 4.15. The average molecular weight is 217 g/mol. The van der Waals surface area contributed by atoms with Gasteiger partial charge in [0.25, 0.3) is 0 Å². The highest BCUT2D eigenvalue weighted by molar-refractivity contribution is 5.84. The van der Waals surface area contributed by atoms with E-state index in [-0.39, 0.29) is 12.5 Å². The van der Waals surface area contributed by atoms with E-state index in [4.69, 9.17) is 9.84 Å². The van der Waals surface area contributed by atoms with Crippen LogP contribution in [0.3, 0.4) is 0 Å². The molecule has 0 rings (SSSR count). The van der Waals surface area contributed by atoms with Crippen molar-refractivity contribution >= 4 is 11.9 Å². The first kappa shape index (κ1) is 13.9. The van der Waals surface area contributed by atoms with Gasteiger partial charge in [-0.25, -0.2) is 4.79 Å². The van der Waals surface area contributed by atoms with Gasteiger partial charge in [-0.15, -0.1) is 0 Å². The van der Waals surface area contributed by atoms with Crippen molar-refractivity contribution in [2.75, 3.05) is 20.3 Å². The van der Waals surface area contributed by atoms with Gasteiger partial charge >= 0.3 is 5.97 Å². The Morgan fingerprint density at radius 1 is 1.40 bits per heavy atom. The number of ether oxygens (including phenoxy) is 1. The van der Waals surface area contributed by atoms with Crippen LogP contribution in [0.5, 0.6) is 0 Å². The Labute approximate surface area is 90.0 Å². The quantitative estimate of drug-likeness (QED) is 0.638. The number of carbonyl (C=O) groups is 2. The number of carboxylic acids is 1. The highest BCUT2D eigenvalue weighted by Gasteiger charge is 2.24. The number of rotatable bonds is 7. The van der Waals surface area contributed by atoms with Gasteiger partial charge in [-0.2, -0.15) is 0 Å². The summed E-state index contributed by atoms with van der Waals surface area (Å²) in [5, 5.41) is 8.83. The molecule has 5 heteroatoms. The predicted molar refractivity (Wildman–Crippen MR) is 55.6 cm³/mol. The van der Waals surface area contributed by atoms with E-state index in [0.29, 0.717) is 13.0 Å². The van der Waals surface area contributed by atoms with Crippen molar-refractivity contribution in [2.24, 2.45) is 0 Å². The van der Waals surface area contributed by atoms with Crippen LogP contribution >= 0.6 is 0 Å².